The third kappa shape index (κ3) is 0.835. The van der Waals surface area contributed by atoms with E-state index in [1.165, 1.54) is 0 Å². The van der Waals surface area contributed by atoms with Crippen LogP contribution in [0.4, 0.5) is 0 Å². The number of hydrogen-bond donors (Lipinski definition) is 1. The van der Waals surface area contributed by atoms with Crippen LogP contribution in [0, 0.1) is 0 Å². The van der Waals surface area contributed by atoms with Gasteiger partial charge in [0.2, 0.25) is 6.33 Å². The summed E-state index contributed by atoms with van der Waals surface area (Å²) in [5.74, 6) is 0. The van der Waals surface area contributed by atoms with E-state index in [4.69, 9.17) is 0 Å². The van der Waals surface area contributed by atoms with Crippen LogP contribution in [0.25, 0.3) is 17.2 Å². The molecule has 2 nitrogen and oxygen atoms in total. The van der Waals surface area contributed by atoms with Gasteiger partial charge in [0, 0.05) is 0 Å². The zero-order valence-corrected chi connectivity index (χ0v) is 6.12. The molecule has 0 aliphatic carbocycles. The fourth-order valence-corrected chi connectivity index (χ4v) is 1.18. The lowest BCUT2D eigenvalue weighted by atomic mass is 10.3. The number of aromatic nitrogens is 2. The van der Waals surface area contributed by atoms with Gasteiger partial charge in [0.05, 0.1) is 6.20 Å². The first kappa shape index (κ1) is 6.16. The van der Waals surface area contributed by atoms with E-state index in [1.54, 1.807) is 6.20 Å². The molecule has 0 saturated heterocycles. The molecule has 2 heteroatoms. The first-order valence-corrected chi connectivity index (χ1v) is 3.51. The summed E-state index contributed by atoms with van der Waals surface area (Å²) in [7, 11) is 0. The molecular formula is C9H9N2+. The lowest BCUT2D eigenvalue weighted by molar-refractivity contribution is -0.538. The van der Waals surface area contributed by atoms with Crippen molar-refractivity contribution < 1.29 is 4.57 Å². The van der Waals surface area contributed by atoms with Gasteiger partial charge in [0.15, 0.2) is 11.0 Å². The fraction of sp³-hybridized carbons (Fsp3) is 0. The molecule has 1 aromatic heterocycles. The molecule has 54 valence electrons. The second-order valence-electron chi connectivity index (χ2n) is 2.38. The van der Waals surface area contributed by atoms with Crippen LogP contribution in [0.3, 0.4) is 0 Å². The molecular weight excluding hydrogens is 136 g/mol. The second kappa shape index (κ2) is 2.23. The average Bonchev–Trinajstić information content (AvgIpc) is 2.47. The van der Waals surface area contributed by atoms with E-state index in [0.717, 1.165) is 11.0 Å². The number of para-hydroxylation sites is 2. The van der Waals surface area contributed by atoms with Gasteiger partial charge in [-0.3, -0.25) is 0 Å². The lowest BCUT2D eigenvalue weighted by Gasteiger charge is -1.83. The Balaban J connectivity index is 2.86. The minimum atomic E-state index is 1.13. The van der Waals surface area contributed by atoms with Gasteiger partial charge in [-0.1, -0.05) is 18.7 Å². The SMILES string of the molecule is C=C[n+]1c[nH]c2ccccc21. The van der Waals surface area contributed by atoms with Crippen LogP contribution in [0.2, 0.25) is 0 Å². The number of H-pyrrole nitrogens is 1. The Morgan fingerprint density at radius 3 is 3.00 bits per heavy atom. The summed E-state index contributed by atoms with van der Waals surface area (Å²) in [5, 5.41) is 0. The number of fused-ring (bicyclic) bond motifs is 1. The van der Waals surface area contributed by atoms with Crippen LogP contribution >= 0.6 is 0 Å². The van der Waals surface area contributed by atoms with Crippen LogP contribution in [-0.4, -0.2) is 4.98 Å². The van der Waals surface area contributed by atoms with Gasteiger partial charge in [-0.05, 0) is 12.1 Å². The molecule has 0 unspecified atom stereocenters. The van der Waals surface area contributed by atoms with Gasteiger partial charge >= 0.3 is 0 Å². The van der Waals surface area contributed by atoms with Crippen molar-refractivity contribution in [3.8, 4) is 0 Å². The molecule has 0 atom stereocenters. The Morgan fingerprint density at radius 2 is 2.18 bits per heavy atom. The van der Waals surface area contributed by atoms with Crippen LogP contribution < -0.4 is 4.57 Å². The Kier molecular flexibility index (Phi) is 1.25. The molecule has 2 aromatic rings. The Hall–Kier alpha value is -1.57. The molecule has 0 bridgehead atoms. The van der Waals surface area contributed by atoms with Crippen LogP contribution in [0.1, 0.15) is 0 Å². The van der Waals surface area contributed by atoms with E-state index in [9.17, 15) is 0 Å². The summed E-state index contributed by atoms with van der Waals surface area (Å²) >= 11 is 0. The first-order chi connectivity index (χ1) is 5.42. The Bertz CT molecular complexity index is 387. The van der Waals surface area contributed by atoms with Gasteiger partial charge < -0.3 is 0 Å². The van der Waals surface area contributed by atoms with Gasteiger partial charge in [-0.25, -0.2) is 9.55 Å². The lowest BCUT2D eigenvalue weighted by Crippen LogP contribution is -2.21. The van der Waals surface area contributed by atoms with Crippen LogP contribution in [-0.2, 0) is 0 Å². The smallest absolute Gasteiger partial charge is 0.243 e. The molecule has 0 aliphatic heterocycles. The van der Waals surface area contributed by atoms with Crippen molar-refractivity contribution in [2.24, 2.45) is 0 Å². The number of imidazole rings is 1. The summed E-state index contributed by atoms with van der Waals surface area (Å²) in [6, 6.07) is 8.10. The molecule has 1 heterocycles. The van der Waals surface area contributed by atoms with Crippen LogP contribution in [0.15, 0.2) is 37.2 Å². The van der Waals surface area contributed by atoms with Gasteiger partial charge in [0.1, 0.15) is 0 Å². The van der Waals surface area contributed by atoms with Crippen LogP contribution in [0.5, 0.6) is 0 Å². The van der Waals surface area contributed by atoms with Gasteiger partial charge in [0.25, 0.3) is 0 Å². The first-order valence-electron chi connectivity index (χ1n) is 3.51. The minimum Gasteiger partial charge on any atom is -0.243 e. The maximum Gasteiger partial charge on any atom is 0.247 e. The zero-order valence-electron chi connectivity index (χ0n) is 6.12. The molecule has 0 spiro atoms. The van der Waals surface area contributed by atoms with E-state index in [2.05, 4.69) is 11.6 Å². The highest BCUT2D eigenvalue weighted by molar-refractivity contribution is 5.70. The summed E-state index contributed by atoms with van der Waals surface area (Å²) in [4.78, 5) is 3.13. The summed E-state index contributed by atoms with van der Waals surface area (Å²) in [5.41, 5.74) is 2.29. The highest BCUT2D eigenvalue weighted by Crippen LogP contribution is 2.04. The minimum absolute atomic E-state index is 1.13. The molecule has 0 saturated carbocycles. The number of hydrogen-bond acceptors (Lipinski definition) is 0. The van der Waals surface area contributed by atoms with E-state index in [-0.39, 0.29) is 0 Å². The number of nitrogens with zero attached hydrogens (tertiary/aromatic N) is 1. The molecule has 2 rings (SSSR count). The maximum atomic E-state index is 3.70. The van der Waals surface area contributed by atoms with Crippen molar-refractivity contribution in [3.05, 3.63) is 37.2 Å². The van der Waals surface area contributed by atoms with E-state index in [0.29, 0.717) is 0 Å². The largest absolute Gasteiger partial charge is 0.247 e. The average molecular weight is 145 g/mol. The van der Waals surface area contributed by atoms with E-state index in [1.807, 2.05) is 35.2 Å². The van der Waals surface area contributed by atoms with E-state index < -0.39 is 0 Å². The number of nitrogens with one attached hydrogen (secondary N) is 1. The fourth-order valence-electron chi connectivity index (χ4n) is 1.18. The van der Waals surface area contributed by atoms with Crippen molar-refractivity contribution in [1.82, 2.24) is 4.98 Å². The molecule has 0 aliphatic rings. The van der Waals surface area contributed by atoms with Gasteiger partial charge in [-0.2, -0.15) is 0 Å². The quantitative estimate of drug-likeness (QED) is 0.587. The number of benzene rings is 1. The third-order valence-corrected chi connectivity index (χ3v) is 1.74. The molecule has 0 amide bonds. The molecule has 1 aromatic carbocycles. The Morgan fingerprint density at radius 1 is 1.36 bits per heavy atom. The van der Waals surface area contributed by atoms with Crippen molar-refractivity contribution in [1.29, 1.82) is 0 Å². The Labute approximate surface area is 64.8 Å². The summed E-state index contributed by atoms with van der Waals surface area (Å²) in [6.45, 7) is 3.70. The second-order valence-corrected chi connectivity index (χ2v) is 2.38. The monoisotopic (exact) mass is 145 g/mol. The number of rotatable bonds is 1. The highest BCUT2D eigenvalue weighted by Gasteiger charge is 2.03. The molecule has 0 radical (unpaired) electrons. The zero-order chi connectivity index (χ0) is 7.68. The molecule has 11 heavy (non-hydrogen) atoms. The third-order valence-electron chi connectivity index (χ3n) is 1.74. The molecule has 0 fully saturated rings. The van der Waals surface area contributed by atoms with Crippen molar-refractivity contribution in [2.45, 2.75) is 0 Å². The normalized spacial score (nSPS) is 10.2. The predicted molar refractivity (Wildman–Crippen MR) is 44.9 cm³/mol. The summed E-state index contributed by atoms with van der Waals surface area (Å²) < 4.78 is 1.95. The highest BCUT2D eigenvalue weighted by atomic mass is 15.0. The van der Waals surface area contributed by atoms with Gasteiger partial charge in [-0.15, -0.1) is 0 Å². The summed E-state index contributed by atoms with van der Waals surface area (Å²) in [6.07, 6.45) is 3.66. The van der Waals surface area contributed by atoms with Crippen molar-refractivity contribution in [3.63, 3.8) is 0 Å². The van der Waals surface area contributed by atoms with Crippen molar-refractivity contribution >= 4 is 17.2 Å². The topological polar surface area (TPSA) is 19.7 Å². The standard InChI is InChI=1S/C9H8N2/c1-2-11-7-10-8-5-3-4-6-9(8)11/h2-7H,1H2/p+1. The molecule has 1 N–H and O–H groups in total. The van der Waals surface area contributed by atoms with E-state index >= 15 is 0 Å². The maximum absolute atomic E-state index is 3.70. The van der Waals surface area contributed by atoms with Crippen molar-refractivity contribution in [2.75, 3.05) is 0 Å². The number of aromatic amines is 1. The predicted octanol–water partition coefficient (Wildman–Crippen LogP) is 1.56.